The van der Waals surface area contributed by atoms with E-state index in [0.717, 1.165) is 16.7 Å². The van der Waals surface area contributed by atoms with E-state index >= 15 is 0 Å². The molecule has 1 N–H and O–H groups in total. The molecule has 0 atom stereocenters. The number of nitriles is 1. The van der Waals surface area contributed by atoms with Crippen molar-refractivity contribution in [1.29, 1.82) is 5.26 Å². The molecule has 0 radical (unpaired) electrons. The third-order valence-corrected chi connectivity index (χ3v) is 5.04. The summed E-state index contributed by atoms with van der Waals surface area (Å²) in [6.45, 7) is 0.158. The van der Waals surface area contributed by atoms with Crippen LogP contribution in [0.2, 0.25) is 0 Å². The fourth-order valence-corrected chi connectivity index (χ4v) is 3.43. The number of nitrogens with one attached hydrogen (secondary N) is 1. The molecule has 2 rings (SSSR count). The lowest BCUT2D eigenvalue weighted by molar-refractivity contribution is -0.384. The maximum Gasteiger partial charge on any atom is 0.293 e. The minimum atomic E-state index is -0.523. The number of nitro groups is 1. The molecule has 140 valence electrons. The van der Waals surface area contributed by atoms with Gasteiger partial charge in [0.05, 0.1) is 27.4 Å². The van der Waals surface area contributed by atoms with E-state index in [2.05, 4.69) is 5.32 Å². The summed E-state index contributed by atoms with van der Waals surface area (Å²) < 4.78 is 0. The Balaban J connectivity index is 1.91. The number of carbonyl (C=O) groups is 3. The van der Waals surface area contributed by atoms with Gasteiger partial charge in [0.1, 0.15) is 0 Å². The third kappa shape index (κ3) is 5.83. The van der Waals surface area contributed by atoms with Crippen molar-refractivity contribution in [3.63, 3.8) is 0 Å². The lowest BCUT2D eigenvalue weighted by Crippen LogP contribution is -2.37. The summed E-state index contributed by atoms with van der Waals surface area (Å²) in [6, 6.07) is 7.53. The van der Waals surface area contributed by atoms with Gasteiger partial charge in [0.15, 0.2) is 0 Å². The second-order valence-electron chi connectivity index (χ2n) is 5.18. The van der Waals surface area contributed by atoms with Crippen LogP contribution in [0.3, 0.4) is 0 Å². The molecule has 1 saturated heterocycles. The molecule has 0 spiro atoms. The highest BCUT2D eigenvalue weighted by Gasteiger charge is 2.34. The lowest BCUT2D eigenvalue weighted by Gasteiger charge is -2.12. The number of nitro benzene ring substituents is 1. The quantitative estimate of drug-likeness (QED) is 0.300. The van der Waals surface area contributed by atoms with Gasteiger partial charge in [-0.1, -0.05) is 0 Å². The number of amides is 3. The van der Waals surface area contributed by atoms with Crippen LogP contribution < -0.4 is 5.32 Å². The van der Waals surface area contributed by atoms with Gasteiger partial charge in [-0.25, -0.2) is 0 Å². The van der Waals surface area contributed by atoms with Crippen LogP contribution in [0.15, 0.2) is 29.2 Å². The molecule has 0 saturated carbocycles. The van der Waals surface area contributed by atoms with Crippen molar-refractivity contribution in [3.8, 4) is 6.07 Å². The molecule has 9 nitrogen and oxygen atoms in total. The average molecular weight is 406 g/mol. The number of rotatable bonds is 8. The maximum atomic E-state index is 12.3. The molecular formula is C16H14N4O5S2. The van der Waals surface area contributed by atoms with Crippen LogP contribution in [0.5, 0.6) is 0 Å². The Labute approximate surface area is 162 Å². The van der Waals surface area contributed by atoms with Crippen molar-refractivity contribution in [2.24, 2.45) is 0 Å². The van der Waals surface area contributed by atoms with Gasteiger partial charge in [0.2, 0.25) is 5.91 Å². The smallest absolute Gasteiger partial charge is 0.293 e. The zero-order chi connectivity index (χ0) is 19.8. The molecule has 0 aromatic heterocycles. The summed E-state index contributed by atoms with van der Waals surface area (Å²) in [5, 5.41) is 21.2. The number of non-ortho nitro benzene ring substituents is 1. The number of benzene rings is 1. The predicted molar refractivity (Wildman–Crippen MR) is 102 cm³/mol. The minimum Gasteiger partial charge on any atom is -0.354 e. The molecule has 1 fully saturated rings. The molecule has 1 aromatic carbocycles. The van der Waals surface area contributed by atoms with E-state index < -0.39 is 16.1 Å². The fourth-order valence-electron chi connectivity index (χ4n) is 2.08. The predicted octanol–water partition coefficient (Wildman–Crippen LogP) is 2.00. The van der Waals surface area contributed by atoms with Crippen molar-refractivity contribution >= 4 is 52.3 Å². The lowest BCUT2D eigenvalue weighted by atomic mass is 10.2. The normalized spacial score (nSPS) is 15.1. The van der Waals surface area contributed by atoms with Crippen LogP contribution in [0.25, 0.3) is 6.08 Å². The number of hydrogen-bond acceptors (Lipinski definition) is 8. The molecule has 3 amide bonds. The largest absolute Gasteiger partial charge is 0.354 e. The second kappa shape index (κ2) is 9.75. The monoisotopic (exact) mass is 406 g/mol. The van der Waals surface area contributed by atoms with Gasteiger partial charge < -0.3 is 5.32 Å². The molecule has 0 aliphatic carbocycles. The first-order valence-corrected chi connectivity index (χ1v) is 9.60. The number of nitrogens with zero attached hydrogens (tertiary/aromatic N) is 3. The highest BCUT2D eigenvalue weighted by atomic mass is 32.2. The number of imide groups is 1. The van der Waals surface area contributed by atoms with E-state index in [1.807, 2.05) is 6.07 Å². The van der Waals surface area contributed by atoms with Crippen molar-refractivity contribution in [2.45, 2.75) is 0 Å². The summed E-state index contributed by atoms with van der Waals surface area (Å²) in [5.41, 5.74) is 0.498. The third-order valence-electron chi connectivity index (χ3n) is 3.33. The van der Waals surface area contributed by atoms with E-state index in [0.29, 0.717) is 5.56 Å². The van der Waals surface area contributed by atoms with E-state index in [4.69, 9.17) is 5.26 Å². The van der Waals surface area contributed by atoms with Crippen LogP contribution >= 0.6 is 23.5 Å². The Hall–Kier alpha value is -2.84. The van der Waals surface area contributed by atoms with E-state index in [1.165, 1.54) is 42.1 Å². The summed E-state index contributed by atoms with van der Waals surface area (Å²) in [6.07, 6.45) is 1.49. The summed E-state index contributed by atoms with van der Waals surface area (Å²) in [4.78, 5) is 47.3. The SMILES string of the molecule is N#CCSCC(=O)NCCN1C(=O)S/C(=C\c2ccc([N+](=O)[O-])cc2)C1=O. The maximum absolute atomic E-state index is 12.3. The summed E-state index contributed by atoms with van der Waals surface area (Å²) in [7, 11) is 0. The average Bonchev–Trinajstić information content (AvgIpc) is 2.90. The molecule has 1 aliphatic heterocycles. The zero-order valence-electron chi connectivity index (χ0n) is 13.9. The Bertz CT molecular complexity index is 832. The first-order chi connectivity index (χ1) is 12.9. The van der Waals surface area contributed by atoms with Crippen molar-refractivity contribution in [2.75, 3.05) is 24.6 Å². The number of hydrogen-bond donors (Lipinski definition) is 1. The Kier molecular flexibility index (Phi) is 7.39. The van der Waals surface area contributed by atoms with Crippen LogP contribution in [-0.2, 0) is 9.59 Å². The second-order valence-corrected chi connectivity index (χ2v) is 7.16. The van der Waals surface area contributed by atoms with E-state index in [9.17, 15) is 24.5 Å². The minimum absolute atomic E-state index is 0.0386. The first kappa shape index (κ1) is 20.5. The fraction of sp³-hybridized carbons (Fsp3) is 0.250. The van der Waals surface area contributed by atoms with Crippen LogP contribution in [-0.4, -0.2) is 51.5 Å². The number of carbonyl (C=O) groups excluding carboxylic acids is 3. The summed E-state index contributed by atoms with van der Waals surface area (Å²) in [5.74, 6) is -0.403. The van der Waals surface area contributed by atoms with Crippen LogP contribution in [0, 0.1) is 21.4 Å². The standard InChI is InChI=1S/C16H14N4O5S2/c17-5-8-26-10-14(21)18-6-7-19-15(22)13(27-16(19)23)9-11-1-3-12(4-2-11)20(24)25/h1-4,9H,6-8,10H2,(H,18,21)/b13-9-. The molecule has 0 bridgehead atoms. The Morgan fingerprint density at radius 2 is 2.07 bits per heavy atom. The highest BCUT2D eigenvalue weighted by molar-refractivity contribution is 8.18. The molecule has 1 aliphatic rings. The molecule has 1 heterocycles. The van der Waals surface area contributed by atoms with Gasteiger partial charge in [-0.3, -0.25) is 29.4 Å². The molecule has 11 heteroatoms. The Morgan fingerprint density at radius 1 is 1.37 bits per heavy atom. The van der Waals surface area contributed by atoms with Crippen molar-refractivity contribution in [1.82, 2.24) is 10.2 Å². The molecule has 1 aromatic rings. The first-order valence-electron chi connectivity index (χ1n) is 7.63. The van der Waals surface area contributed by atoms with Crippen LogP contribution in [0.4, 0.5) is 10.5 Å². The highest BCUT2D eigenvalue weighted by Crippen LogP contribution is 2.32. The number of thioether (sulfide) groups is 2. The van der Waals surface area contributed by atoms with Crippen LogP contribution in [0.1, 0.15) is 5.56 Å². The molecular weight excluding hydrogens is 392 g/mol. The van der Waals surface area contributed by atoms with Gasteiger partial charge in [-0.15, -0.1) is 11.8 Å². The topological polar surface area (TPSA) is 133 Å². The van der Waals surface area contributed by atoms with Crippen molar-refractivity contribution in [3.05, 3.63) is 44.8 Å². The molecule has 0 unspecified atom stereocenters. The molecule has 27 heavy (non-hydrogen) atoms. The van der Waals surface area contributed by atoms with E-state index in [-0.39, 0.29) is 41.1 Å². The van der Waals surface area contributed by atoms with Gasteiger partial charge in [0.25, 0.3) is 16.8 Å². The van der Waals surface area contributed by atoms with Gasteiger partial charge in [0, 0.05) is 25.2 Å². The van der Waals surface area contributed by atoms with Crippen molar-refractivity contribution < 1.29 is 19.3 Å². The Morgan fingerprint density at radius 3 is 2.70 bits per heavy atom. The zero-order valence-corrected chi connectivity index (χ0v) is 15.5. The summed E-state index contributed by atoms with van der Waals surface area (Å²) >= 11 is 1.95. The van der Waals surface area contributed by atoms with Gasteiger partial charge in [-0.2, -0.15) is 5.26 Å². The van der Waals surface area contributed by atoms with Gasteiger partial charge >= 0.3 is 0 Å². The van der Waals surface area contributed by atoms with E-state index in [1.54, 1.807) is 0 Å². The van der Waals surface area contributed by atoms with Gasteiger partial charge in [-0.05, 0) is 35.5 Å².